The highest BCUT2D eigenvalue weighted by atomic mass is 35.5. The number of imide groups is 1. The van der Waals surface area contributed by atoms with Crippen LogP contribution in [0.1, 0.15) is 23.6 Å². The van der Waals surface area contributed by atoms with Crippen LogP contribution in [0.2, 0.25) is 5.02 Å². The summed E-state index contributed by atoms with van der Waals surface area (Å²) < 4.78 is 11.8. The van der Waals surface area contributed by atoms with Gasteiger partial charge in [-0.15, -0.1) is 0 Å². The largest absolute Gasteiger partial charge is 0.490 e. The second kappa shape index (κ2) is 11.1. The molecule has 1 fully saturated rings. The van der Waals surface area contributed by atoms with Crippen LogP contribution in [0.15, 0.2) is 89.8 Å². The smallest absolute Gasteiger partial charge is 0.293 e. The number of halogens is 1. The van der Waals surface area contributed by atoms with Crippen molar-refractivity contribution in [3.63, 3.8) is 0 Å². The summed E-state index contributed by atoms with van der Waals surface area (Å²) in [6, 6.07) is 26.9. The lowest BCUT2D eigenvalue weighted by atomic mass is 10.1. The summed E-state index contributed by atoms with van der Waals surface area (Å²) in [6.07, 6.45) is 1.72. The first kappa shape index (κ1) is 24.9. The number of hydrogen-bond acceptors (Lipinski definition) is 5. The molecule has 4 aromatic rings. The fraction of sp³-hybridized carbons (Fsp3) is 0.133. The second-order valence-electron chi connectivity index (χ2n) is 8.51. The van der Waals surface area contributed by atoms with Gasteiger partial charge in [0.25, 0.3) is 11.1 Å². The van der Waals surface area contributed by atoms with Gasteiger partial charge in [0.05, 0.1) is 18.1 Å². The van der Waals surface area contributed by atoms with Gasteiger partial charge >= 0.3 is 0 Å². The van der Waals surface area contributed by atoms with E-state index < -0.39 is 0 Å². The molecule has 4 aromatic carbocycles. The highest BCUT2D eigenvalue weighted by Crippen LogP contribution is 2.36. The van der Waals surface area contributed by atoms with E-state index in [0.717, 1.165) is 39.2 Å². The standard InChI is InChI=1S/C30H24ClNO4S/c1-2-35-27-16-20(11-13-26(27)36-19-22-6-5-9-25(31)15-22)17-28-29(33)32(30(34)37-28)18-21-10-12-23-7-3-4-8-24(23)14-21/h3-17H,2,18-19H2,1H3/b28-17-. The number of amides is 2. The number of carbonyl (C=O) groups is 2. The zero-order valence-corrected chi connectivity index (χ0v) is 21.7. The molecule has 2 amide bonds. The van der Waals surface area contributed by atoms with Crippen molar-refractivity contribution >= 4 is 51.4 Å². The van der Waals surface area contributed by atoms with Gasteiger partial charge < -0.3 is 9.47 Å². The lowest BCUT2D eigenvalue weighted by molar-refractivity contribution is -0.123. The Kier molecular flexibility index (Phi) is 7.49. The molecular formula is C30H24ClNO4S. The molecule has 37 heavy (non-hydrogen) atoms. The van der Waals surface area contributed by atoms with Gasteiger partial charge in [0.15, 0.2) is 11.5 Å². The molecule has 5 rings (SSSR count). The number of rotatable bonds is 8. The van der Waals surface area contributed by atoms with Crippen LogP contribution in [0.4, 0.5) is 4.79 Å². The zero-order valence-electron chi connectivity index (χ0n) is 20.1. The monoisotopic (exact) mass is 529 g/mol. The minimum absolute atomic E-state index is 0.229. The van der Waals surface area contributed by atoms with Gasteiger partial charge in [0.2, 0.25) is 0 Å². The van der Waals surface area contributed by atoms with E-state index in [1.807, 2.05) is 85.8 Å². The van der Waals surface area contributed by atoms with Gasteiger partial charge in [-0.3, -0.25) is 14.5 Å². The molecule has 0 bridgehead atoms. The van der Waals surface area contributed by atoms with Crippen molar-refractivity contribution in [3.05, 3.63) is 112 Å². The summed E-state index contributed by atoms with van der Waals surface area (Å²) >= 11 is 7.01. The van der Waals surface area contributed by atoms with E-state index in [-0.39, 0.29) is 17.7 Å². The molecule has 0 unspecified atom stereocenters. The Morgan fingerprint density at radius 3 is 2.49 bits per heavy atom. The van der Waals surface area contributed by atoms with Crippen molar-refractivity contribution in [2.75, 3.05) is 6.61 Å². The van der Waals surface area contributed by atoms with Crippen LogP contribution in [-0.2, 0) is 17.9 Å². The molecule has 0 atom stereocenters. The molecular weight excluding hydrogens is 506 g/mol. The third kappa shape index (κ3) is 5.82. The van der Waals surface area contributed by atoms with Crippen LogP contribution < -0.4 is 9.47 Å². The van der Waals surface area contributed by atoms with E-state index in [1.165, 1.54) is 4.90 Å². The first-order valence-corrected chi connectivity index (χ1v) is 13.1. The number of hydrogen-bond donors (Lipinski definition) is 0. The van der Waals surface area contributed by atoms with Crippen molar-refractivity contribution < 1.29 is 19.1 Å². The number of ether oxygens (including phenoxy) is 2. The quantitative estimate of drug-likeness (QED) is 0.219. The third-order valence-corrected chi connectivity index (χ3v) is 7.02. The van der Waals surface area contributed by atoms with Crippen LogP contribution in [0.25, 0.3) is 16.8 Å². The van der Waals surface area contributed by atoms with Gasteiger partial charge in [0.1, 0.15) is 6.61 Å². The molecule has 0 aromatic heterocycles. The molecule has 1 saturated heterocycles. The number of fused-ring (bicyclic) bond motifs is 1. The van der Waals surface area contributed by atoms with Crippen LogP contribution >= 0.6 is 23.4 Å². The van der Waals surface area contributed by atoms with Crippen LogP contribution in [0.3, 0.4) is 0 Å². The Hall–Kier alpha value is -3.74. The second-order valence-corrected chi connectivity index (χ2v) is 9.94. The minimum Gasteiger partial charge on any atom is -0.490 e. The van der Waals surface area contributed by atoms with Gasteiger partial charge in [-0.25, -0.2) is 0 Å². The van der Waals surface area contributed by atoms with Crippen molar-refractivity contribution in [1.82, 2.24) is 4.90 Å². The maximum Gasteiger partial charge on any atom is 0.293 e. The Morgan fingerprint density at radius 1 is 0.838 bits per heavy atom. The molecule has 0 aliphatic carbocycles. The van der Waals surface area contributed by atoms with E-state index >= 15 is 0 Å². The molecule has 1 aliphatic heterocycles. The summed E-state index contributed by atoms with van der Waals surface area (Å²) in [7, 11) is 0. The molecule has 7 heteroatoms. The van der Waals surface area contributed by atoms with E-state index in [0.29, 0.717) is 34.6 Å². The van der Waals surface area contributed by atoms with Crippen molar-refractivity contribution in [2.24, 2.45) is 0 Å². The first-order valence-electron chi connectivity index (χ1n) is 11.9. The lowest BCUT2D eigenvalue weighted by Gasteiger charge is -2.13. The van der Waals surface area contributed by atoms with E-state index in [9.17, 15) is 9.59 Å². The van der Waals surface area contributed by atoms with Crippen LogP contribution in [0.5, 0.6) is 11.5 Å². The molecule has 1 aliphatic rings. The summed E-state index contributed by atoms with van der Waals surface area (Å²) in [4.78, 5) is 27.5. The maximum atomic E-state index is 13.1. The van der Waals surface area contributed by atoms with Crippen LogP contribution in [-0.4, -0.2) is 22.7 Å². The maximum absolute atomic E-state index is 13.1. The van der Waals surface area contributed by atoms with Gasteiger partial charge in [0, 0.05) is 5.02 Å². The predicted octanol–water partition coefficient (Wildman–Crippen LogP) is 7.71. The number of benzene rings is 4. The summed E-state index contributed by atoms with van der Waals surface area (Å²) in [5, 5.41) is 2.56. The van der Waals surface area contributed by atoms with Crippen LogP contribution in [0, 0.1) is 0 Å². The average Bonchev–Trinajstić information content (AvgIpc) is 3.15. The molecule has 0 spiro atoms. The normalized spacial score (nSPS) is 14.5. The van der Waals surface area contributed by atoms with Gasteiger partial charge in [-0.2, -0.15) is 0 Å². The Morgan fingerprint density at radius 2 is 1.68 bits per heavy atom. The topological polar surface area (TPSA) is 55.8 Å². The third-order valence-electron chi connectivity index (χ3n) is 5.88. The van der Waals surface area contributed by atoms with Crippen molar-refractivity contribution in [2.45, 2.75) is 20.1 Å². The molecule has 186 valence electrons. The Bertz CT molecular complexity index is 1520. The molecule has 5 nitrogen and oxygen atoms in total. The number of nitrogens with zero attached hydrogens (tertiary/aromatic N) is 1. The zero-order chi connectivity index (χ0) is 25.8. The highest BCUT2D eigenvalue weighted by molar-refractivity contribution is 8.18. The number of carbonyl (C=O) groups excluding carboxylic acids is 2. The fourth-order valence-corrected chi connectivity index (χ4v) is 5.15. The molecule has 0 saturated carbocycles. The number of thioether (sulfide) groups is 1. The Labute approximate surface area is 224 Å². The minimum atomic E-state index is -0.303. The predicted molar refractivity (Wildman–Crippen MR) is 149 cm³/mol. The Balaban J connectivity index is 1.32. The van der Waals surface area contributed by atoms with E-state index in [4.69, 9.17) is 21.1 Å². The SMILES string of the molecule is CCOc1cc(/C=C2\SC(=O)N(Cc3ccc4ccccc4c3)C2=O)ccc1OCc1cccc(Cl)c1. The van der Waals surface area contributed by atoms with E-state index in [1.54, 1.807) is 12.1 Å². The highest BCUT2D eigenvalue weighted by Gasteiger charge is 2.35. The molecule has 0 radical (unpaired) electrons. The first-order chi connectivity index (χ1) is 18.0. The lowest BCUT2D eigenvalue weighted by Crippen LogP contribution is -2.27. The van der Waals surface area contributed by atoms with Crippen molar-refractivity contribution in [3.8, 4) is 11.5 Å². The summed E-state index contributed by atoms with van der Waals surface area (Å²) in [5.74, 6) is 0.847. The summed E-state index contributed by atoms with van der Waals surface area (Å²) in [5.41, 5.74) is 2.59. The summed E-state index contributed by atoms with van der Waals surface area (Å²) in [6.45, 7) is 2.92. The van der Waals surface area contributed by atoms with Gasteiger partial charge in [-0.1, -0.05) is 66.2 Å². The molecule has 1 heterocycles. The van der Waals surface area contributed by atoms with Crippen molar-refractivity contribution in [1.29, 1.82) is 0 Å². The van der Waals surface area contributed by atoms with Gasteiger partial charge in [-0.05, 0) is 82.6 Å². The van der Waals surface area contributed by atoms with E-state index in [2.05, 4.69) is 0 Å². The average molecular weight is 530 g/mol. The fourth-order valence-electron chi connectivity index (χ4n) is 4.10. The molecule has 0 N–H and O–H groups in total.